The molecule has 0 saturated heterocycles. The Morgan fingerprint density at radius 3 is 2.75 bits per heavy atom. The van der Waals surface area contributed by atoms with Gasteiger partial charge in [0.2, 0.25) is 0 Å². The van der Waals surface area contributed by atoms with Gasteiger partial charge in [-0.2, -0.15) is 0 Å². The fourth-order valence-electron chi connectivity index (χ4n) is 1.24. The number of hydrogen-bond donors (Lipinski definition) is 0. The molecule has 2 aromatic rings. The van der Waals surface area contributed by atoms with Crippen molar-refractivity contribution in [3.8, 4) is 5.75 Å². The van der Waals surface area contributed by atoms with E-state index in [2.05, 4.69) is 20.9 Å². The molecule has 0 N–H and O–H groups in total. The molecule has 0 unspecified atom stereocenters. The Morgan fingerprint density at radius 2 is 2.00 bits per heavy atom. The van der Waals surface area contributed by atoms with Crippen LogP contribution < -0.4 is 4.74 Å². The first kappa shape index (κ1) is 11.1. The normalized spacial score (nSPS) is 10.1. The Balaban J connectivity index is 2.02. The summed E-state index contributed by atoms with van der Waals surface area (Å²) in [5.74, 6) is 0.196. The Kier molecular flexibility index (Phi) is 3.51. The third kappa shape index (κ3) is 3.03. The minimum atomic E-state index is -0.306. The summed E-state index contributed by atoms with van der Waals surface area (Å²) in [6, 6.07) is 11.6. The maximum atomic E-state index is 12.9. The summed E-state index contributed by atoms with van der Waals surface area (Å²) in [6.45, 7) is 0.322. The number of nitrogens with zero attached hydrogens (tertiary/aromatic N) is 1. The van der Waals surface area contributed by atoms with Crippen LogP contribution in [0.1, 0.15) is 5.69 Å². The van der Waals surface area contributed by atoms with Gasteiger partial charge in [-0.15, -0.1) is 0 Å². The predicted molar refractivity (Wildman–Crippen MR) is 62.7 cm³/mol. The molecule has 1 aromatic heterocycles. The number of halogens is 2. The first-order valence-corrected chi connectivity index (χ1v) is 5.53. The van der Waals surface area contributed by atoms with Crippen LogP contribution in [0.25, 0.3) is 0 Å². The molecule has 0 aliphatic heterocycles. The minimum Gasteiger partial charge on any atom is -0.487 e. The molecule has 0 fully saturated rings. The largest absolute Gasteiger partial charge is 0.487 e. The lowest BCUT2D eigenvalue weighted by atomic mass is 10.3. The molecule has 82 valence electrons. The van der Waals surface area contributed by atoms with Crippen LogP contribution in [0.4, 0.5) is 4.39 Å². The van der Waals surface area contributed by atoms with Crippen molar-refractivity contribution >= 4 is 15.9 Å². The lowest BCUT2D eigenvalue weighted by Crippen LogP contribution is -1.98. The third-order valence-corrected chi connectivity index (χ3v) is 2.40. The molecule has 2 rings (SSSR count). The van der Waals surface area contributed by atoms with E-state index in [0.717, 1.165) is 10.3 Å². The molecule has 16 heavy (non-hydrogen) atoms. The van der Waals surface area contributed by atoms with Crippen molar-refractivity contribution in [2.75, 3.05) is 0 Å². The van der Waals surface area contributed by atoms with Crippen molar-refractivity contribution in [2.45, 2.75) is 6.61 Å². The van der Waals surface area contributed by atoms with E-state index < -0.39 is 0 Å². The van der Waals surface area contributed by atoms with Crippen LogP contribution >= 0.6 is 15.9 Å². The molecule has 1 heterocycles. The number of aromatic nitrogens is 1. The van der Waals surface area contributed by atoms with Gasteiger partial charge in [0.25, 0.3) is 0 Å². The molecule has 0 spiro atoms. The fraction of sp³-hybridized carbons (Fsp3) is 0.0833. The van der Waals surface area contributed by atoms with E-state index in [1.165, 1.54) is 12.1 Å². The number of hydrogen-bond acceptors (Lipinski definition) is 2. The summed E-state index contributed by atoms with van der Waals surface area (Å²) in [5, 5.41) is 0. The third-order valence-electron chi connectivity index (χ3n) is 1.96. The molecule has 0 aliphatic rings. The van der Waals surface area contributed by atoms with Crippen LogP contribution in [0.3, 0.4) is 0 Å². The summed E-state index contributed by atoms with van der Waals surface area (Å²) < 4.78 is 19.0. The van der Waals surface area contributed by atoms with E-state index in [4.69, 9.17) is 4.74 Å². The summed E-state index contributed by atoms with van der Waals surface area (Å²) >= 11 is 3.27. The molecule has 2 nitrogen and oxygen atoms in total. The van der Waals surface area contributed by atoms with Gasteiger partial charge >= 0.3 is 0 Å². The maximum absolute atomic E-state index is 12.9. The summed E-state index contributed by atoms with van der Waals surface area (Å²) in [7, 11) is 0. The van der Waals surface area contributed by atoms with E-state index in [1.54, 1.807) is 12.1 Å². The number of pyridine rings is 1. The van der Waals surface area contributed by atoms with Gasteiger partial charge in [-0.25, -0.2) is 9.37 Å². The van der Waals surface area contributed by atoms with Crippen LogP contribution in [0.5, 0.6) is 5.75 Å². The van der Waals surface area contributed by atoms with Gasteiger partial charge in [0.1, 0.15) is 22.8 Å². The average molecular weight is 282 g/mol. The van der Waals surface area contributed by atoms with Crippen LogP contribution in [-0.2, 0) is 6.61 Å². The van der Waals surface area contributed by atoms with Crippen molar-refractivity contribution < 1.29 is 9.13 Å². The van der Waals surface area contributed by atoms with Crippen LogP contribution in [0.15, 0.2) is 47.1 Å². The molecular formula is C12H9BrFNO. The fourth-order valence-corrected chi connectivity index (χ4v) is 1.63. The second-order valence-corrected chi connectivity index (χ2v) is 4.01. The van der Waals surface area contributed by atoms with Gasteiger partial charge in [0.15, 0.2) is 0 Å². The van der Waals surface area contributed by atoms with Gasteiger partial charge in [-0.3, -0.25) is 0 Å². The lowest BCUT2D eigenvalue weighted by Gasteiger charge is -2.05. The quantitative estimate of drug-likeness (QED) is 0.803. The molecule has 1 aromatic carbocycles. The SMILES string of the molecule is Fc1cccc(OCc2cccc(Br)n2)c1. The zero-order valence-corrected chi connectivity index (χ0v) is 9.95. The summed E-state index contributed by atoms with van der Waals surface area (Å²) in [5.41, 5.74) is 0.790. The second kappa shape index (κ2) is 5.07. The van der Waals surface area contributed by atoms with Crippen LogP contribution in [0, 0.1) is 5.82 Å². The second-order valence-electron chi connectivity index (χ2n) is 3.20. The highest BCUT2D eigenvalue weighted by Gasteiger charge is 1.99. The zero-order chi connectivity index (χ0) is 11.4. The van der Waals surface area contributed by atoms with Crippen molar-refractivity contribution in [3.05, 3.63) is 58.6 Å². The Bertz CT molecular complexity index is 444. The highest BCUT2D eigenvalue weighted by Crippen LogP contribution is 2.14. The van der Waals surface area contributed by atoms with E-state index in [0.29, 0.717) is 12.4 Å². The monoisotopic (exact) mass is 281 g/mol. The Hall–Kier alpha value is -1.42. The van der Waals surface area contributed by atoms with Crippen molar-refractivity contribution in [1.82, 2.24) is 4.98 Å². The van der Waals surface area contributed by atoms with Gasteiger partial charge in [0.05, 0.1) is 5.69 Å². The highest BCUT2D eigenvalue weighted by molar-refractivity contribution is 9.10. The first-order chi connectivity index (χ1) is 7.74. The van der Waals surface area contributed by atoms with Crippen molar-refractivity contribution in [3.63, 3.8) is 0 Å². The van der Waals surface area contributed by atoms with Gasteiger partial charge < -0.3 is 4.74 Å². The standard InChI is InChI=1S/C12H9BrFNO/c13-12-6-2-4-10(15-12)8-16-11-5-1-3-9(14)7-11/h1-7H,8H2. The zero-order valence-electron chi connectivity index (χ0n) is 8.36. The number of rotatable bonds is 3. The van der Waals surface area contributed by atoms with Crippen molar-refractivity contribution in [2.24, 2.45) is 0 Å². The number of benzene rings is 1. The minimum absolute atomic E-state index is 0.306. The molecule has 0 radical (unpaired) electrons. The van der Waals surface area contributed by atoms with Crippen LogP contribution in [-0.4, -0.2) is 4.98 Å². The molecule has 0 saturated carbocycles. The smallest absolute Gasteiger partial charge is 0.130 e. The maximum Gasteiger partial charge on any atom is 0.130 e. The molecule has 0 aliphatic carbocycles. The van der Waals surface area contributed by atoms with E-state index in [-0.39, 0.29) is 5.82 Å². The molecule has 4 heteroatoms. The van der Waals surface area contributed by atoms with Crippen molar-refractivity contribution in [1.29, 1.82) is 0 Å². The topological polar surface area (TPSA) is 22.1 Å². The van der Waals surface area contributed by atoms with E-state index in [1.807, 2.05) is 18.2 Å². The molecular weight excluding hydrogens is 273 g/mol. The highest BCUT2D eigenvalue weighted by atomic mass is 79.9. The van der Waals surface area contributed by atoms with E-state index in [9.17, 15) is 4.39 Å². The molecule has 0 atom stereocenters. The van der Waals surface area contributed by atoms with Gasteiger partial charge in [-0.1, -0.05) is 12.1 Å². The first-order valence-electron chi connectivity index (χ1n) is 4.74. The van der Waals surface area contributed by atoms with E-state index >= 15 is 0 Å². The number of ether oxygens (including phenoxy) is 1. The summed E-state index contributed by atoms with van der Waals surface area (Å²) in [6.07, 6.45) is 0. The molecule has 0 amide bonds. The van der Waals surface area contributed by atoms with Gasteiger partial charge in [-0.05, 0) is 40.2 Å². The lowest BCUT2D eigenvalue weighted by molar-refractivity contribution is 0.299. The molecule has 0 bridgehead atoms. The Labute approximate surface area is 101 Å². The van der Waals surface area contributed by atoms with Crippen LogP contribution in [0.2, 0.25) is 0 Å². The van der Waals surface area contributed by atoms with Gasteiger partial charge in [0, 0.05) is 6.07 Å². The summed E-state index contributed by atoms with van der Waals surface area (Å²) in [4.78, 5) is 4.21. The Morgan fingerprint density at radius 1 is 1.19 bits per heavy atom. The predicted octanol–water partition coefficient (Wildman–Crippen LogP) is 3.56. The average Bonchev–Trinajstić information content (AvgIpc) is 2.27.